The van der Waals surface area contributed by atoms with Crippen LogP contribution in [-0.4, -0.2) is 34.9 Å². The van der Waals surface area contributed by atoms with Crippen molar-refractivity contribution in [1.82, 2.24) is 15.3 Å². The molecule has 1 aromatic carbocycles. The summed E-state index contributed by atoms with van der Waals surface area (Å²) in [4.78, 5) is 29.5. The lowest BCUT2D eigenvalue weighted by molar-refractivity contribution is -0.137. The maximum Gasteiger partial charge on any atom is 0.421 e. The zero-order valence-corrected chi connectivity index (χ0v) is 14.2. The molecule has 0 radical (unpaired) electrons. The van der Waals surface area contributed by atoms with Gasteiger partial charge in [-0.3, -0.25) is 9.59 Å². The van der Waals surface area contributed by atoms with Crippen molar-refractivity contribution >= 4 is 29.3 Å². The van der Waals surface area contributed by atoms with E-state index in [1.165, 1.54) is 19.1 Å². The molecule has 0 spiro atoms. The molecule has 2 amide bonds. The lowest BCUT2D eigenvalue weighted by Crippen LogP contribution is -2.27. The molecule has 2 aromatic rings. The fourth-order valence-corrected chi connectivity index (χ4v) is 2.08. The number of carbonyl (C=O) groups is 2. The number of amides is 2. The maximum absolute atomic E-state index is 13.1. The Morgan fingerprint density at radius 3 is 2.59 bits per heavy atom. The summed E-state index contributed by atoms with van der Waals surface area (Å²) in [5, 5.41) is 7.71. The molecule has 0 saturated carbocycles. The van der Waals surface area contributed by atoms with Crippen LogP contribution in [0.15, 0.2) is 30.5 Å². The number of hydrogen-bond donors (Lipinski definition) is 4. The van der Waals surface area contributed by atoms with E-state index in [1.807, 2.05) is 0 Å². The summed E-state index contributed by atoms with van der Waals surface area (Å²) < 4.78 is 39.4. The summed E-state index contributed by atoms with van der Waals surface area (Å²) in [6.07, 6.45) is -4.01. The summed E-state index contributed by atoms with van der Waals surface area (Å²) in [5.74, 6) is -1.48. The van der Waals surface area contributed by atoms with Gasteiger partial charge in [-0.05, 0) is 18.2 Å². The predicted molar refractivity (Wildman–Crippen MR) is 92.5 cm³/mol. The second-order valence-corrected chi connectivity index (χ2v) is 5.43. The van der Waals surface area contributed by atoms with Crippen molar-refractivity contribution in [3.05, 3.63) is 41.6 Å². The third-order valence-corrected chi connectivity index (χ3v) is 3.29. The van der Waals surface area contributed by atoms with Crippen LogP contribution in [0, 0.1) is 0 Å². The lowest BCUT2D eigenvalue weighted by atomic mass is 10.2. The molecule has 0 saturated heterocycles. The van der Waals surface area contributed by atoms with E-state index in [0.717, 1.165) is 0 Å². The molecule has 0 bridgehead atoms. The zero-order valence-electron chi connectivity index (χ0n) is 14.2. The van der Waals surface area contributed by atoms with E-state index >= 15 is 0 Å². The Morgan fingerprint density at radius 2 is 1.96 bits per heavy atom. The molecule has 0 unspecified atom stereocenters. The molecule has 27 heavy (non-hydrogen) atoms. The normalized spacial score (nSPS) is 11.0. The minimum absolute atomic E-state index is 0.0380. The highest BCUT2D eigenvalue weighted by atomic mass is 19.4. The largest absolute Gasteiger partial charge is 0.421 e. The van der Waals surface area contributed by atoms with Crippen LogP contribution < -0.4 is 21.7 Å². The third kappa shape index (κ3) is 5.83. The van der Waals surface area contributed by atoms with E-state index in [2.05, 4.69) is 25.9 Å². The van der Waals surface area contributed by atoms with Crippen molar-refractivity contribution in [2.24, 2.45) is 5.73 Å². The minimum Gasteiger partial charge on any atom is -0.368 e. The van der Waals surface area contributed by atoms with Crippen molar-refractivity contribution in [1.29, 1.82) is 0 Å². The van der Waals surface area contributed by atoms with Gasteiger partial charge in [0.25, 0.3) is 0 Å². The quantitative estimate of drug-likeness (QED) is 0.543. The molecule has 8 nitrogen and oxygen atoms in total. The van der Waals surface area contributed by atoms with Gasteiger partial charge in [-0.15, -0.1) is 0 Å². The Morgan fingerprint density at radius 1 is 1.22 bits per heavy atom. The standard InChI is InChI=1S/C16H17F3N6O2/c1-9(26)21-5-6-22-14-12(16(17,18)19)8-23-15(25-14)24-11-4-2-3-10(7-11)13(20)27/h2-4,7-8H,5-6H2,1H3,(H2,20,27)(H,21,26)(H2,22,23,24,25). The van der Waals surface area contributed by atoms with Gasteiger partial charge in [0, 0.05) is 37.5 Å². The highest BCUT2D eigenvalue weighted by molar-refractivity contribution is 5.93. The lowest BCUT2D eigenvalue weighted by Gasteiger charge is -2.15. The molecular formula is C16H17F3N6O2. The van der Waals surface area contributed by atoms with Crippen molar-refractivity contribution in [3.63, 3.8) is 0 Å². The average molecular weight is 382 g/mol. The summed E-state index contributed by atoms with van der Waals surface area (Å²) in [5.41, 5.74) is 4.76. The number of aromatic nitrogens is 2. The molecule has 0 aliphatic carbocycles. The third-order valence-electron chi connectivity index (χ3n) is 3.29. The highest BCUT2D eigenvalue weighted by Gasteiger charge is 2.35. The van der Waals surface area contributed by atoms with Gasteiger partial charge >= 0.3 is 6.18 Å². The van der Waals surface area contributed by atoms with Crippen LogP contribution in [0.5, 0.6) is 0 Å². The summed E-state index contributed by atoms with van der Waals surface area (Å²) >= 11 is 0. The molecule has 0 atom stereocenters. The Hall–Kier alpha value is -3.37. The number of halogens is 3. The van der Waals surface area contributed by atoms with Gasteiger partial charge in [0.2, 0.25) is 17.8 Å². The second kappa shape index (κ2) is 8.34. The Labute approximate surface area is 152 Å². The number of alkyl halides is 3. The average Bonchev–Trinajstić information content (AvgIpc) is 2.58. The van der Waals surface area contributed by atoms with Gasteiger partial charge in [-0.1, -0.05) is 6.07 Å². The van der Waals surface area contributed by atoms with Crippen molar-refractivity contribution in [3.8, 4) is 0 Å². The SMILES string of the molecule is CC(=O)NCCNc1nc(Nc2cccc(C(N)=O)c2)ncc1C(F)(F)F. The van der Waals surface area contributed by atoms with Gasteiger partial charge in [-0.25, -0.2) is 4.98 Å². The monoisotopic (exact) mass is 382 g/mol. The minimum atomic E-state index is -4.65. The van der Waals surface area contributed by atoms with Crippen LogP contribution in [0.1, 0.15) is 22.8 Å². The number of anilines is 3. The number of nitrogens with two attached hydrogens (primary N) is 1. The van der Waals surface area contributed by atoms with E-state index < -0.39 is 23.5 Å². The topological polar surface area (TPSA) is 122 Å². The summed E-state index contributed by atoms with van der Waals surface area (Å²) in [7, 11) is 0. The first kappa shape index (κ1) is 19.9. The number of carbonyl (C=O) groups excluding carboxylic acids is 2. The van der Waals surface area contributed by atoms with E-state index in [9.17, 15) is 22.8 Å². The van der Waals surface area contributed by atoms with Crippen LogP contribution in [0.3, 0.4) is 0 Å². The smallest absolute Gasteiger partial charge is 0.368 e. The molecular weight excluding hydrogens is 365 g/mol. The van der Waals surface area contributed by atoms with Crippen LogP contribution in [0.2, 0.25) is 0 Å². The number of primary amides is 1. The first-order valence-corrected chi connectivity index (χ1v) is 7.76. The Bertz CT molecular complexity index is 841. The Balaban J connectivity index is 2.22. The van der Waals surface area contributed by atoms with E-state index in [4.69, 9.17) is 5.73 Å². The van der Waals surface area contributed by atoms with Gasteiger partial charge in [0.1, 0.15) is 11.4 Å². The number of benzene rings is 1. The molecule has 1 heterocycles. The first-order chi connectivity index (χ1) is 12.7. The van der Waals surface area contributed by atoms with E-state index in [0.29, 0.717) is 11.9 Å². The van der Waals surface area contributed by atoms with Gasteiger partial charge in [0.05, 0.1) is 0 Å². The van der Waals surface area contributed by atoms with Crippen LogP contribution in [0.4, 0.5) is 30.6 Å². The number of hydrogen-bond acceptors (Lipinski definition) is 6. The summed E-state index contributed by atoms with van der Waals surface area (Å²) in [6, 6.07) is 6.06. The molecule has 0 aliphatic heterocycles. The van der Waals surface area contributed by atoms with Crippen molar-refractivity contribution in [2.75, 3.05) is 23.7 Å². The van der Waals surface area contributed by atoms with Crippen LogP contribution in [0.25, 0.3) is 0 Å². The zero-order chi connectivity index (χ0) is 20.0. The molecule has 0 fully saturated rings. The molecule has 0 aliphatic rings. The van der Waals surface area contributed by atoms with Crippen molar-refractivity contribution < 1.29 is 22.8 Å². The molecule has 5 N–H and O–H groups in total. The molecule has 144 valence electrons. The predicted octanol–water partition coefficient (Wildman–Crippen LogP) is 1.89. The highest BCUT2D eigenvalue weighted by Crippen LogP contribution is 2.34. The van der Waals surface area contributed by atoms with Crippen molar-refractivity contribution in [2.45, 2.75) is 13.1 Å². The van der Waals surface area contributed by atoms with Crippen LogP contribution in [-0.2, 0) is 11.0 Å². The number of rotatable bonds is 7. The summed E-state index contributed by atoms with van der Waals surface area (Å²) in [6.45, 7) is 1.46. The fourth-order valence-electron chi connectivity index (χ4n) is 2.08. The Kier molecular flexibility index (Phi) is 6.16. The van der Waals surface area contributed by atoms with Gasteiger partial charge < -0.3 is 21.7 Å². The van der Waals surface area contributed by atoms with Gasteiger partial charge in [0.15, 0.2) is 0 Å². The number of nitrogens with zero attached hydrogens (tertiary/aromatic N) is 2. The first-order valence-electron chi connectivity index (χ1n) is 7.76. The molecule has 1 aromatic heterocycles. The molecule has 11 heteroatoms. The maximum atomic E-state index is 13.1. The van der Waals surface area contributed by atoms with Crippen LogP contribution >= 0.6 is 0 Å². The number of nitrogens with one attached hydrogen (secondary N) is 3. The fraction of sp³-hybridized carbons (Fsp3) is 0.250. The van der Waals surface area contributed by atoms with Gasteiger partial charge in [-0.2, -0.15) is 18.2 Å². The molecule has 2 rings (SSSR count). The second-order valence-electron chi connectivity index (χ2n) is 5.43. The van der Waals surface area contributed by atoms with E-state index in [-0.39, 0.29) is 30.5 Å². The van der Waals surface area contributed by atoms with E-state index in [1.54, 1.807) is 12.1 Å².